The Morgan fingerprint density at radius 2 is 1.85 bits per heavy atom. The van der Waals surface area contributed by atoms with Crippen LogP contribution in [0, 0.1) is 0 Å². The fourth-order valence-electron chi connectivity index (χ4n) is 3.40. The molecule has 0 amide bonds. The Labute approximate surface area is 165 Å². The minimum atomic E-state index is -0.334. The number of nitrogens with one attached hydrogen (secondary N) is 1. The van der Waals surface area contributed by atoms with Gasteiger partial charge in [0.05, 0.1) is 29.8 Å². The van der Waals surface area contributed by atoms with Gasteiger partial charge in [0.2, 0.25) is 0 Å². The summed E-state index contributed by atoms with van der Waals surface area (Å²) in [4.78, 5) is 15.0. The smallest absolute Gasteiger partial charge is 0.292 e. The summed E-state index contributed by atoms with van der Waals surface area (Å²) in [5, 5.41) is 7.73. The van der Waals surface area contributed by atoms with Gasteiger partial charge >= 0.3 is 0 Å². The Morgan fingerprint density at radius 1 is 1.22 bits per heavy atom. The predicted molar refractivity (Wildman–Crippen MR) is 109 cm³/mol. The molecule has 0 bridgehead atoms. The maximum Gasteiger partial charge on any atom is 0.292 e. The first-order valence-corrected chi connectivity index (χ1v) is 9.63. The summed E-state index contributed by atoms with van der Waals surface area (Å²) >= 11 is 6.34. The van der Waals surface area contributed by atoms with Crippen LogP contribution in [0.3, 0.4) is 0 Å². The van der Waals surface area contributed by atoms with Crippen LogP contribution in [0.1, 0.15) is 27.7 Å². The van der Waals surface area contributed by atoms with Gasteiger partial charge in [0.25, 0.3) is 5.56 Å². The summed E-state index contributed by atoms with van der Waals surface area (Å²) in [7, 11) is 0. The van der Waals surface area contributed by atoms with Crippen LogP contribution in [0.15, 0.2) is 41.3 Å². The van der Waals surface area contributed by atoms with Crippen molar-refractivity contribution in [1.29, 1.82) is 0 Å². The van der Waals surface area contributed by atoms with Crippen LogP contribution in [-0.4, -0.2) is 52.1 Å². The van der Waals surface area contributed by atoms with E-state index in [1.807, 2.05) is 30.3 Å². The molecule has 1 N–H and O–H groups in total. The predicted octanol–water partition coefficient (Wildman–Crippen LogP) is 3.19. The SMILES string of the molecule is CC1CN(C(C)(C)CNc2cnn(-c3ccccc3)c(=O)c2Cl)CC(C)O1. The Bertz CT molecular complexity index is 828. The highest BCUT2D eigenvalue weighted by Crippen LogP contribution is 2.23. The van der Waals surface area contributed by atoms with Crippen molar-refractivity contribution >= 4 is 17.3 Å². The van der Waals surface area contributed by atoms with Crippen LogP contribution in [-0.2, 0) is 4.74 Å². The van der Waals surface area contributed by atoms with Crippen LogP contribution < -0.4 is 10.9 Å². The lowest BCUT2D eigenvalue weighted by Crippen LogP contribution is -2.57. The van der Waals surface area contributed by atoms with E-state index in [1.165, 1.54) is 4.68 Å². The third-order valence-corrected chi connectivity index (χ3v) is 5.27. The summed E-state index contributed by atoms with van der Waals surface area (Å²) < 4.78 is 7.14. The van der Waals surface area contributed by atoms with E-state index in [0.29, 0.717) is 17.9 Å². The van der Waals surface area contributed by atoms with Gasteiger partial charge in [0.1, 0.15) is 5.02 Å². The number of nitrogens with zero attached hydrogens (tertiary/aromatic N) is 3. The molecule has 2 atom stereocenters. The molecular formula is C20H27ClN4O2. The third-order valence-electron chi connectivity index (χ3n) is 4.91. The number of para-hydroxylation sites is 1. The maximum absolute atomic E-state index is 12.6. The molecule has 6 nitrogen and oxygen atoms in total. The van der Waals surface area contributed by atoms with Crippen molar-refractivity contribution in [2.24, 2.45) is 0 Å². The van der Waals surface area contributed by atoms with Crippen LogP contribution in [0.4, 0.5) is 5.69 Å². The monoisotopic (exact) mass is 390 g/mol. The topological polar surface area (TPSA) is 59.4 Å². The Balaban J connectivity index is 1.74. The molecular weight excluding hydrogens is 364 g/mol. The van der Waals surface area contributed by atoms with Crippen LogP contribution in [0.2, 0.25) is 5.02 Å². The number of rotatable bonds is 5. The second-order valence-corrected chi connectivity index (χ2v) is 8.13. The molecule has 1 aromatic carbocycles. The van der Waals surface area contributed by atoms with E-state index >= 15 is 0 Å². The number of hydrogen-bond acceptors (Lipinski definition) is 5. The van der Waals surface area contributed by atoms with Crippen LogP contribution in [0.5, 0.6) is 0 Å². The highest BCUT2D eigenvalue weighted by atomic mass is 35.5. The lowest BCUT2D eigenvalue weighted by Gasteiger charge is -2.45. The van der Waals surface area contributed by atoms with Crippen molar-refractivity contribution in [2.75, 3.05) is 25.0 Å². The van der Waals surface area contributed by atoms with Crippen LogP contribution in [0.25, 0.3) is 5.69 Å². The first-order chi connectivity index (χ1) is 12.8. The zero-order valence-corrected chi connectivity index (χ0v) is 17.0. The van der Waals surface area contributed by atoms with Gasteiger partial charge in [-0.05, 0) is 39.8 Å². The molecule has 7 heteroatoms. The molecule has 1 saturated heterocycles. The summed E-state index contributed by atoms with van der Waals surface area (Å²) in [6.07, 6.45) is 2.01. The van der Waals surface area contributed by atoms with Crippen LogP contribution >= 0.6 is 11.6 Å². The Morgan fingerprint density at radius 3 is 2.48 bits per heavy atom. The average Bonchev–Trinajstić information content (AvgIpc) is 2.63. The zero-order valence-electron chi connectivity index (χ0n) is 16.3. The second-order valence-electron chi connectivity index (χ2n) is 7.75. The molecule has 3 rings (SSSR count). The third kappa shape index (κ3) is 4.51. The fraction of sp³-hybridized carbons (Fsp3) is 0.500. The minimum Gasteiger partial charge on any atom is -0.381 e. The molecule has 1 fully saturated rings. The van der Waals surface area contributed by atoms with E-state index in [0.717, 1.165) is 13.1 Å². The molecule has 27 heavy (non-hydrogen) atoms. The van der Waals surface area contributed by atoms with Gasteiger partial charge in [-0.15, -0.1) is 0 Å². The Kier molecular flexibility index (Phi) is 5.89. The summed E-state index contributed by atoms with van der Waals surface area (Å²) in [6.45, 7) is 10.9. The van der Waals surface area contributed by atoms with E-state index < -0.39 is 0 Å². The lowest BCUT2D eigenvalue weighted by molar-refractivity contribution is -0.0933. The summed E-state index contributed by atoms with van der Waals surface area (Å²) in [6, 6.07) is 9.25. The van der Waals surface area contributed by atoms with Gasteiger partial charge in [0.15, 0.2) is 0 Å². The zero-order chi connectivity index (χ0) is 19.6. The molecule has 0 saturated carbocycles. The van der Waals surface area contributed by atoms with E-state index in [9.17, 15) is 4.79 Å². The van der Waals surface area contributed by atoms with E-state index in [1.54, 1.807) is 6.20 Å². The second kappa shape index (κ2) is 8.00. The largest absolute Gasteiger partial charge is 0.381 e. The number of aromatic nitrogens is 2. The number of morpholine rings is 1. The van der Waals surface area contributed by atoms with Gasteiger partial charge in [0, 0.05) is 25.2 Å². The van der Waals surface area contributed by atoms with Gasteiger partial charge in [-0.3, -0.25) is 9.69 Å². The van der Waals surface area contributed by atoms with Crippen molar-refractivity contribution in [1.82, 2.24) is 14.7 Å². The number of anilines is 1. The highest BCUT2D eigenvalue weighted by Gasteiger charge is 2.33. The number of halogens is 1. The van der Waals surface area contributed by atoms with Gasteiger partial charge in [-0.25, -0.2) is 0 Å². The summed E-state index contributed by atoms with van der Waals surface area (Å²) in [5.41, 5.74) is 0.785. The molecule has 0 radical (unpaired) electrons. The minimum absolute atomic E-state index is 0.121. The lowest BCUT2D eigenvalue weighted by atomic mass is 10.00. The average molecular weight is 391 g/mol. The molecule has 146 valence electrons. The molecule has 1 aliphatic rings. The van der Waals surface area contributed by atoms with Crippen molar-refractivity contribution in [3.05, 3.63) is 51.9 Å². The fourth-order valence-corrected chi connectivity index (χ4v) is 3.60. The normalized spacial score (nSPS) is 21.2. The number of hydrogen-bond donors (Lipinski definition) is 1. The molecule has 0 spiro atoms. The standard InChI is InChI=1S/C20H27ClN4O2/c1-14-11-24(12-15(2)27-14)20(3,4)13-22-17-10-23-25(19(26)18(17)21)16-8-6-5-7-9-16/h5-10,14-15,22H,11-13H2,1-4H3. The molecule has 2 unspecified atom stereocenters. The number of ether oxygens (including phenoxy) is 1. The molecule has 1 aliphatic heterocycles. The van der Waals surface area contributed by atoms with E-state index in [-0.39, 0.29) is 28.3 Å². The first kappa shape index (κ1) is 19.9. The van der Waals surface area contributed by atoms with Crippen molar-refractivity contribution in [3.8, 4) is 5.69 Å². The quantitative estimate of drug-likeness (QED) is 0.849. The van der Waals surface area contributed by atoms with Gasteiger partial charge < -0.3 is 10.1 Å². The van der Waals surface area contributed by atoms with Gasteiger partial charge in [-0.1, -0.05) is 29.8 Å². The van der Waals surface area contributed by atoms with Crippen molar-refractivity contribution in [2.45, 2.75) is 45.4 Å². The van der Waals surface area contributed by atoms with Gasteiger partial charge in [-0.2, -0.15) is 9.78 Å². The molecule has 2 heterocycles. The first-order valence-electron chi connectivity index (χ1n) is 9.25. The van der Waals surface area contributed by atoms with E-state index in [2.05, 4.69) is 43.0 Å². The Hall–Kier alpha value is -1.89. The highest BCUT2D eigenvalue weighted by molar-refractivity contribution is 6.32. The van der Waals surface area contributed by atoms with Crippen molar-refractivity contribution < 1.29 is 4.74 Å². The summed E-state index contributed by atoms with van der Waals surface area (Å²) in [5.74, 6) is 0. The van der Waals surface area contributed by atoms with Crippen molar-refractivity contribution in [3.63, 3.8) is 0 Å². The molecule has 1 aromatic heterocycles. The number of benzene rings is 1. The molecule has 0 aliphatic carbocycles. The van der Waals surface area contributed by atoms with E-state index in [4.69, 9.17) is 16.3 Å². The maximum atomic E-state index is 12.6. The molecule has 2 aromatic rings.